The highest BCUT2D eigenvalue weighted by Crippen LogP contribution is 2.40. The molecule has 278 valence electrons. The molecule has 7 nitrogen and oxygen atoms in total. The van der Waals surface area contributed by atoms with Crippen LogP contribution in [0.4, 0.5) is 47.8 Å². The summed E-state index contributed by atoms with van der Waals surface area (Å²) in [6.07, 6.45) is -4.25. The molecule has 5 rings (SSSR count). The first-order chi connectivity index (χ1) is 25.6. The second kappa shape index (κ2) is 16.7. The Hall–Kier alpha value is -6.09. The van der Waals surface area contributed by atoms with Gasteiger partial charge in [-0.15, -0.1) is 11.8 Å². The van der Waals surface area contributed by atoms with E-state index in [0.29, 0.717) is 16.0 Å². The number of nitrogens with one attached hydrogen (secondary N) is 3. The summed E-state index contributed by atoms with van der Waals surface area (Å²) in [7, 11) is 3.75. The molecule has 0 radical (unpaired) electrons. The largest absolute Gasteiger partial charge is 0.422 e. The molecule has 15 heteroatoms. The van der Waals surface area contributed by atoms with Gasteiger partial charge in [0.15, 0.2) is 23.3 Å². The van der Waals surface area contributed by atoms with Crippen LogP contribution in [-0.2, 0) is 15.8 Å². The van der Waals surface area contributed by atoms with Crippen LogP contribution in [0.5, 0.6) is 0 Å². The minimum Gasteiger partial charge on any atom is -0.378 e. The first-order valence-corrected chi connectivity index (χ1v) is 16.7. The number of amides is 3. The van der Waals surface area contributed by atoms with Crippen LogP contribution in [0, 0.1) is 23.3 Å². The van der Waals surface area contributed by atoms with Crippen LogP contribution in [0.3, 0.4) is 0 Å². The zero-order chi connectivity index (χ0) is 39.2. The summed E-state index contributed by atoms with van der Waals surface area (Å²) in [5.41, 5.74) is -2.17. The highest BCUT2D eigenvalue weighted by molar-refractivity contribution is 8.00. The van der Waals surface area contributed by atoms with Crippen LogP contribution in [0.2, 0.25) is 0 Å². The first-order valence-electron chi connectivity index (χ1n) is 15.9. The molecule has 3 N–H and O–H groups in total. The summed E-state index contributed by atoms with van der Waals surface area (Å²) in [6, 6.07) is 29.1. The van der Waals surface area contributed by atoms with Crippen LogP contribution in [0.1, 0.15) is 32.3 Å². The Bertz CT molecular complexity index is 2150. The van der Waals surface area contributed by atoms with Gasteiger partial charge in [-0.3, -0.25) is 14.4 Å². The fourth-order valence-electron chi connectivity index (χ4n) is 5.01. The Morgan fingerprint density at radius 1 is 0.704 bits per heavy atom. The predicted molar refractivity (Wildman–Crippen MR) is 193 cm³/mol. The zero-order valence-corrected chi connectivity index (χ0v) is 29.1. The van der Waals surface area contributed by atoms with Gasteiger partial charge in [0.2, 0.25) is 5.91 Å². The highest BCUT2D eigenvalue weighted by atomic mass is 32.2. The van der Waals surface area contributed by atoms with Crippen molar-refractivity contribution in [3.63, 3.8) is 0 Å². The van der Waals surface area contributed by atoms with Crippen molar-refractivity contribution in [1.29, 1.82) is 0 Å². The average Bonchev–Trinajstić information content (AvgIpc) is 3.15. The molecule has 0 spiro atoms. The van der Waals surface area contributed by atoms with Crippen molar-refractivity contribution in [3.05, 3.63) is 160 Å². The number of alkyl halides is 3. The molecule has 0 aliphatic rings. The summed E-state index contributed by atoms with van der Waals surface area (Å²) < 4.78 is 97.1. The van der Waals surface area contributed by atoms with Gasteiger partial charge in [-0.2, -0.15) is 13.2 Å². The summed E-state index contributed by atoms with van der Waals surface area (Å²) >= 11 is 0.833. The van der Waals surface area contributed by atoms with E-state index in [1.165, 1.54) is 42.5 Å². The van der Waals surface area contributed by atoms with E-state index in [-0.39, 0.29) is 16.9 Å². The van der Waals surface area contributed by atoms with Crippen molar-refractivity contribution in [2.75, 3.05) is 29.6 Å². The number of carbonyl (C=O) groups excluding carboxylic acids is 3. The summed E-state index contributed by atoms with van der Waals surface area (Å²) in [5, 5.41) is 5.72. The van der Waals surface area contributed by atoms with Crippen molar-refractivity contribution in [1.82, 2.24) is 5.32 Å². The molecule has 1 atom stereocenters. The summed E-state index contributed by atoms with van der Waals surface area (Å²) in [6.45, 7) is 0. The predicted octanol–water partition coefficient (Wildman–Crippen LogP) is 9.21. The fourth-order valence-corrected chi connectivity index (χ4v) is 6.03. The standard InChI is InChI=1S/C39H29F7N4O3S/c1-50(2)26-17-13-22(14-18-26)21-28(48-36(51)24-11-7-4-8-12-24)37(52)47-25-15-19-27(20-16-25)54-35(23-9-5-3-6-10-23)38(53)49-34-32(42)30(40)29(39(44,45)46)31(41)33(34)43/h3-21,35H,1-2H3,(H,47,52)(H,48,51)(H,49,53)/b28-21-. The molecule has 1 unspecified atom stereocenters. The molecular formula is C39H29F7N4O3S. The van der Waals surface area contributed by atoms with Crippen LogP contribution >= 0.6 is 11.8 Å². The molecule has 0 bridgehead atoms. The maximum atomic E-state index is 14.6. The van der Waals surface area contributed by atoms with E-state index in [4.69, 9.17) is 0 Å². The third-order valence-electron chi connectivity index (χ3n) is 7.75. The Morgan fingerprint density at radius 3 is 1.80 bits per heavy atom. The lowest BCUT2D eigenvalue weighted by atomic mass is 10.1. The monoisotopic (exact) mass is 766 g/mol. The van der Waals surface area contributed by atoms with Gasteiger partial charge in [-0.25, -0.2) is 17.6 Å². The molecular weight excluding hydrogens is 738 g/mol. The second-order valence-electron chi connectivity index (χ2n) is 11.7. The normalized spacial score (nSPS) is 12.1. The Kier molecular flexibility index (Phi) is 12.1. The summed E-state index contributed by atoms with van der Waals surface area (Å²) in [4.78, 5) is 42.2. The SMILES string of the molecule is CN(C)c1ccc(/C=C(\NC(=O)c2ccccc2)C(=O)Nc2ccc(SC(C(=O)Nc3c(F)c(F)c(C(F)(F)F)c(F)c3F)c3ccccc3)cc2)cc1. The van der Waals surface area contributed by atoms with Crippen molar-refractivity contribution < 1.29 is 45.1 Å². The number of hydrogen-bond donors (Lipinski definition) is 3. The molecule has 0 aliphatic carbocycles. The van der Waals surface area contributed by atoms with Gasteiger partial charge in [-0.05, 0) is 65.7 Å². The lowest BCUT2D eigenvalue weighted by Crippen LogP contribution is -2.30. The van der Waals surface area contributed by atoms with Gasteiger partial charge in [0.1, 0.15) is 22.2 Å². The van der Waals surface area contributed by atoms with E-state index in [1.807, 2.05) is 31.1 Å². The number of anilines is 3. The van der Waals surface area contributed by atoms with Crippen molar-refractivity contribution in [3.8, 4) is 0 Å². The Labute approximate surface area is 308 Å². The molecule has 3 amide bonds. The number of rotatable bonds is 11. The lowest BCUT2D eigenvalue weighted by Gasteiger charge is -2.19. The number of nitrogens with zero attached hydrogens (tertiary/aromatic N) is 1. The minimum absolute atomic E-state index is 0.0728. The highest BCUT2D eigenvalue weighted by Gasteiger charge is 2.43. The molecule has 0 aliphatic heterocycles. The number of halogens is 7. The van der Waals surface area contributed by atoms with Gasteiger partial charge in [0, 0.05) is 35.9 Å². The Morgan fingerprint density at radius 2 is 1.26 bits per heavy atom. The number of thioether (sulfide) groups is 1. The van der Waals surface area contributed by atoms with E-state index < -0.39 is 63.7 Å². The molecule has 5 aromatic rings. The number of hydrogen-bond acceptors (Lipinski definition) is 5. The average molecular weight is 767 g/mol. The van der Waals surface area contributed by atoms with Crippen molar-refractivity contribution in [2.45, 2.75) is 16.3 Å². The number of carbonyl (C=O) groups is 3. The molecule has 54 heavy (non-hydrogen) atoms. The van der Waals surface area contributed by atoms with Crippen molar-refractivity contribution >= 4 is 52.6 Å². The van der Waals surface area contributed by atoms with Gasteiger partial charge >= 0.3 is 6.18 Å². The van der Waals surface area contributed by atoms with Gasteiger partial charge < -0.3 is 20.9 Å². The topological polar surface area (TPSA) is 90.5 Å². The molecule has 0 heterocycles. The van der Waals surface area contributed by atoms with E-state index in [9.17, 15) is 45.1 Å². The fraction of sp³-hybridized carbons (Fsp3) is 0.103. The van der Waals surface area contributed by atoms with Gasteiger partial charge in [-0.1, -0.05) is 60.7 Å². The molecule has 0 saturated carbocycles. The number of benzene rings is 5. The maximum absolute atomic E-state index is 14.6. The van der Waals surface area contributed by atoms with Gasteiger partial charge in [0.05, 0.1) is 0 Å². The Balaban J connectivity index is 1.37. The van der Waals surface area contributed by atoms with E-state index in [2.05, 4.69) is 10.6 Å². The molecule has 0 aromatic heterocycles. The second-order valence-corrected chi connectivity index (χ2v) is 12.9. The van der Waals surface area contributed by atoms with Crippen LogP contribution in [-0.4, -0.2) is 31.8 Å². The maximum Gasteiger partial charge on any atom is 0.422 e. The van der Waals surface area contributed by atoms with Crippen LogP contribution in [0.15, 0.2) is 120 Å². The molecule has 0 saturated heterocycles. The summed E-state index contributed by atoms with van der Waals surface area (Å²) in [5.74, 6) is -12.7. The third kappa shape index (κ3) is 9.28. The smallest absolute Gasteiger partial charge is 0.378 e. The van der Waals surface area contributed by atoms with Gasteiger partial charge in [0.25, 0.3) is 11.8 Å². The van der Waals surface area contributed by atoms with E-state index in [0.717, 1.165) is 17.4 Å². The third-order valence-corrected chi connectivity index (χ3v) is 9.02. The van der Waals surface area contributed by atoms with E-state index in [1.54, 1.807) is 66.0 Å². The first kappa shape index (κ1) is 39.1. The van der Waals surface area contributed by atoms with Crippen LogP contribution in [0.25, 0.3) is 6.08 Å². The van der Waals surface area contributed by atoms with Crippen LogP contribution < -0.4 is 20.9 Å². The lowest BCUT2D eigenvalue weighted by molar-refractivity contribution is -0.143. The minimum atomic E-state index is -5.75. The van der Waals surface area contributed by atoms with Crippen molar-refractivity contribution in [2.24, 2.45) is 0 Å². The zero-order valence-electron chi connectivity index (χ0n) is 28.3. The molecule has 5 aromatic carbocycles. The van der Waals surface area contributed by atoms with E-state index >= 15 is 0 Å². The molecule has 0 fully saturated rings. The quantitative estimate of drug-likeness (QED) is 0.0540.